The maximum absolute atomic E-state index is 5.80. The molecule has 17 heavy (non-hydrogen) atoms. The van der Waals surface area contributed by atoms with E-state index in [4.69, 9.17) is 10.5 Å². The molecule has 0 saturated carbocycles. The number of nitrogens with zero attached hydrogens (tertiary/aromatic N) is 1. The summed E-state index contributed by atoms with van der Waals surface area (Å²) >= 11 is 3.52. The fourth-order valence-electron chi connectivity index (χ4n) is 2.23. The van der Waals surface area contributed by atoms with Crippen molar-refractivity contribution in [3.8, 4) is 0 Å². The highest BCUT2D eigenvalue weighted by molar-refractivity contribution is 9.10. The SMILES string of the molecule is CC1(C)CN(c2cc(Br)ccc2CN)CCO1. The molecule has 2 N–H and O–H groups in total. The minimum atomic E-state index is -0.0908. The Balaban J connectivity index is 2.29. The standard InChI is InChI=1S/C13H19BrN2O/c1-13(2)9-16(5-6-17-13)12-7-11(14)4-3-10(12)8-15/h3-4,7H,5-6,8-9,15H2,1-2H3. The van der Waals surface area contributed by atoms with Crippen LogP contribution in [0, 0.1) is 0 Å². The maximum Gasteiger partial charge on any atom is 0.0801 e. The number of nitrogens with two attached hydrogens (primary N) is 1. The fourth-order valence-corrected chi connectivity index (χ4v) is 2.58. The summed E-state index contributed by atoms with van der Waals surface area (Å²) in [6.07, 6.45) is 0. The fraction of sp³-hybridized carbons (Fsp3) is 0.538. The average molecular weight is 299 g/mol. The summed E-state index contributed by atoms with van der Waals surface area (Å²) < 4.78 is 6.83. The molecule has 0 aliphatic carbocycles. The number of anilines is 1. The molecule has 3 nitrogen and oxygen atoms in total. The third-order valence-corrected chi connectivity index (χ3v) is 3.53. The molecule has 1 aromatic rings. The van der Waals surface area contributed by atoms with Gasteiger partial charge in [0.25, 0.3) is 0 Å². The summed E-state index contributed by atoms with van der Waals surface area (Å²) in [7, 11) is 0. The van der Waals surface area contributed by atoms with Crippen molar-refractivity contribution < 1.29 is 4.74 Å². The van der Waals surface area contributed by atoms with E-state index in [-0.39, 0.29) is 5.60 Å². The Hall–Kier alpha value is -0.580. The molecule has 94 valence electrons. The Morgan fingerprint density at radius 3 is 2.88 bits per heavy atom. The summed E-state index contributed by atoms with van der Waals surface area (Å²) in [5.74, 6) is 0. The van der Waals surface area contributed by atoms with Crippen molar-refractivity contribution >= 4 is 21.6 Å². The monoisotopic (exact) mass is 298 g/mol. The summed E-state index contributed by atoms with van der Waals surface area (Å²) in [6, 6.07) is 6.27. The van der Waals surface area contributed by atoms with Crippen LogP contribution in [0.4, 0.5) is 5.69 Å². The van der Waals surface area contributed by atoms with Gasteiger partial charge < -0.3 is 15.4 Å². The zero-order valence-corrected chi connectivity index (χ0v) is 12.0. The molecule has 0 radical (unpaired) electrons. The number of benzene rings is 1. The third kappa shape index (κ3) is 3.00. The van der Waals surface area contributed by atoms with Gasteiger partial charge in [0.05, 0.1) is 12.2 Å². The first-order chi connectivity index (χ1) is 8.02. The number of ether oxygens (including phenoxy) is 1. The number of morpholine rings is 1. The first kappa shape index (κ1) is 12.9. The lowest BCUT2D eigenvalue weighted by molar-refractivity contribution is -0.0277. The summed E-state index contributed by atoms with van der Waals surface area (Å²) in [6.45, 7) is 7.41. The molecule has 0 amide bonds. The third-order valence-electron chi connectivity index (χ3n) is 3.03. The highest BCUT2D eigenvalue weighted by Gasteiger charge is 2.28. The molecule has 1 heterocycles. The lowest BCUT2D eigenvalue weighted by atomic mass is 10.1. The predicted molar refractivity (Wildman–Crippen MR) is 74.3 cm³/mol. The lowest BCUT2D eigenvalue weighted by Gasteiger charge is -2.40. The van der Waals surface area contributed by atoms with Crippen molar-refractivity contribution in [3.63, 3.8) is 0 Å². The van der Waals surface area contributed by atoms with Crippen molar-refractivity contribution in [2.24, 2.45) is 5.73 Å². The highest BCUT2D eigenvalue weighted by atomic mass is 79.9. The van der Waals surface area contributed by atoms with Gasteiger partial charge in [-0.2, -0.15) is 0 Å². The molecule has 0 spiro atoms. The molecule has 0 aromatic heterocycles. The summed E-state index contributed by atoms with van der Waals surface area (Å²) in [5, 5.41) is 0. The summed E-state index contributed by atoms with van der Waals surface area (Å²) in [4.78, 5) is 2.36. The molecular formula is C13H19BrN2O. The van der Waals surface area contributed by atoms with Crippen LogP contribution in [0.2, 0.25) is 0 Å². The van der Waals surface area contributed by atoms with E-state index in [9.17, 15) is 0 Å². The lowest BCUT2D eigenvalue weighted by Crippen LogP contribution is -2.48. The van der Waals surface area contributed by atoms with Crippen molar-refractivity contribution in [3.05, 3.63) is 28.2 Å². The number of hydrogen-bond acceptors (Lipinski definition) is 3. The molecular weight excluding hydrogens is 280 g/mol. The van der Waals surface area contributed by atoms with Gasteiger partial charge in [0.1, 0.15) is 0 Å². The van der Waals surface area contributed by atoms with Crippen LogP contribution < -0.4 is 10.6 Å². The van der Waals surface area contributed by atoms with E-state index in [2.05, 4.69) is 46.8 Å². The Bertz CT molecular complexity index is 406. The van der Waals surface area contributed by atoms with E-state index in [1.165, 1.54) is 11.3 Å². The second-order valence-electron chi connectivity index (χ2n) is 5.01. The second-order valence-corrected chi connectivity index (χ2v) is 5.92. The molecule has 0 unspecified atom stereocenters. The molecule has 1 aliphatic heterocycles. The van der Waals surface area contributed by atoms with Gasteiger partial charge in [0, 0.05) is 29.8 Å². The quantitative estimate of drug-likeness (QED) is 0.912. The Morgan fingerprint density at radius 2 is 2.24 bits per heavy atom. The molecule has 2 rings (SSSR count). The van der Waals surface area contributed by atoms with E-state index in [0.29, 0.717) is 6.54 Å². The first-order valence-corrected chi connectivity index (χ1v) is 6.68. The normalized spacial score (nSPS) is 19.4. The van der Waals surface area contributed by atoms with E-state index in [0.717, 1.165) is 24.2 Å². The van der Waals surface area contributed by atoms with E-state index >= 15 is 0 Å². The molecule has 1 aliphatic rings. The van der Waals surface area contributed by atoms with Crippen LogP contribution in [0.25, 0.3) is 0 Å². The Kier molecular flexibility index (Phi) is 3.76. The first-order valence-electron chi connectivity index (χ1n) is 5.89. The van der Waals surface area contributed by atoms with Crippen molar-refractivity contribution in [1.82, 2.24) is 0 Å². The molecule has 1 aromatic carbocycles. The van der Waals surface area contributed by atoms with E-state index in [1.807, 2.05) is 6.07 Å². The van der Waals surface area contributed by atoms with Crippen LogP contribution in [0.1, 0.15) is 19.4 Å². The van der Waals surface area contributed by atoms with Crippen LogP contribution in [-0.2, 0) is 11.3 Å². The zero-order valence-electron chi connectivity index (χ0n) is 10.4. The van der Waals surface area contributed by atoms with Gasteiger partial charge in [-0.15, -0.1) is 0 Å². The number of hydrogen-bond donors (Lipinski definition) is 1. The molecule has 4 heteroatoms. The van der Waals surface area contributed by atoms with Gasteiger partial charge in [-0.3, -0.25) is 0 Å². The van der Waals surface area contributed by atoms with Crippen LogP contribution >= 0.6 is 15.9 Å². The number of halogens is 1. The zero-order chi connectivity index (χ0) is 12.5. The van der Waals surface area contributed by atoms with Gasteiger partial charge in [0.15, 0.2) is 0 Å². The Labute approximate surface area is 111 Å². The van der Waals surface area contributed by atoms with Crippen LogP contribution in [0.15, 0.2) is 22.7 Å². The van der Waals surface area contributed by atoms with Crippen LogP contribution in [0.5, 0.6) is 0 Å². The molecule has 0 bridgehead atoms. The smallest absolute Gasteiger partial charge is 0.0801 e. The largest absolute Gasteiger partial charge is 0.372 e. The van der Waals surface area contributed by atoms with Gasteiger partial charge in [-0.1, -0.05) is 22.0 Å². The van der Waals surface area contributed by atoms with Crippen LogP contribution in [-0.4, -0.2) is 25.3 Å². The van der Waals surface area contributed by atoms with Crippen molar-refractivity contribution in [1.29, 1.82) is 0 Å². The minimum Gasteiger partial charge on any atom is -0.372 e. The van der Waals surface area contributed by atoms with Gasteiger partial charge >= 0.3 is 0 Å². The average Bonchev–Trinajstić information content (AvgIpc) is 2.27. The molecule has 1 fully saturated rings. The maximum atomic E-state index is 5.80. The molecule has 0 atom stereocenters. The van der Waals surface area contributed by atoms with Crippen molar-refractivity contribution in [2.45, 2.75) is 26.0 Å². The highest BCUT2D eigenvalue weighted by Crippen LogP contribution is 2.28. The van der Waals surface area contributed by atoms with E-state index in [1.54, 1.807) is 0 Å². The van der Waals surface area contributed by atoms with Gasteiger partial charge in [-0.25, -0.2) is 0 Å². The van der Waals surface area contributed by atoms with Crippen LogP contribution in [0.3, 0.4) is 0 Å². The number of rotatable bonds is 2. The second kappa shape index (κ2) is 4.96. The van der Waals surface area contributed by atoms with E-state index < -0.39 is 0 Å². The summed E-state index contributed by atoms with van der Waals surface area (Å²) in [5.41, 5.74) is 8.12. The minimum absolute atomic E-state index is 0.0908. The molecule has 1 saturated heterocycles. The predicted octanol–water partition coefficient (Wildman–Crippen LogP) is 2.52. The van der Waals surface area contributed by atoms with Gasteiger partial charge in [-0.05, 0) is 31.5 Å². The topological polar surface area (TPSA) is 38.5 Å². The van der Waals surface area contributed by atoms with Crippen molar-refractivity contribution in [2.75, 3.05) is 24.6 Å². The Morgan fingerprint density at radius 1 is 1.47 bits per heavy atom. The van der Waals surface area contributed by atoms with Gasteiger partial charge in [0.2, 0.25) is 0 Å².